The number of aliphatic hydroxyl groups excluding tert-OH is 5. The van der Waals surface area contributed by atoms with Crippen LogP contribution < -0.4 is 5.32 Å². The number of aliphatic hydroxyl groups is 5. The number of hydrogen-bond acceptors (Lipinski definition) is 8. The highest BCUT2D eigenvalue weighted by Crippen LogP contribution is 2.23. The summed E-state index contributed by atoms with van der Waals surface area (Å²) in [5.41, 5.74) is 0. The number of rotatable bonds is 44. The summed E-state index contributed by atoms with van der Waals surface area (Å²) in [6.07, 6.45) is 60.7. The number of carbonyl (C=O) groups is 1. The van der Waals surface area contributed by atoms with Crippen LogP contribution in [-0.4, -0.2) is 87.5 Å². The number of carbonyl (C=O) groups excluding carboxylic acids is 1. The molecule has 0 aromatic rings. The van der Waals surface area contributed by atoms with Gasteiger partial charge in [-0.05, 0) is 77.0 Å². The van der Waals surface area contributed by atoms with Crippen LogP contribution in [-0.2, 0) is 14.3 Å². The van der Waals surface area contributed by atoms with E-state index in [4.69, 9.17) is 9.47 Å². The zero-order chi connectivity index (χ0) is 48.7. The Balaban J connectivity index is 2.01. The molecule has 1 heterocycles. The predicted molar refractivity (Wildman–Crippen MR) is 281 cm³/mol. The van der Waals surface area contributed by atoms with E-state index in [1.165, 1.54) is 77.0 Å². The van der Waals surface area contributed by atoms with Crippen LogP contribution in [0.15, 0.2) is 97.2 Å². The van der Waals surface area contributed by atoms with Crippen molar-refractivity contribution in [1.29, 1.82) is 0 Å². The molecule has 0 aliphatic carbocycles. The molecule has 1 saturated heterocycles. The first-order valence-corrected chi connectivity index (χ1v) is 26.9. The summed E-state index contributed by atoms with van der Waals surface area (Å²) in [6, 6.07) is -0.719. The molecule has 1 amide bonds. The van der Waals surface area contributed by atoms with Gasteiger partial charge >= 0.3 is 0 Å². The summed E-state index contributed by atoms with van der Waals surface area (Å²) in [5.74, 6) is -0.156. The molecule has 9 heteroatoms. The fourth-order valence-electron chi connectivity index (χ4n) is 7.94. The summed E-state index contributed by atoms with van der Waals surface area (Å²) in [6.45, 7) is 3.61. The normalized spacial score (nSPS) is 20.5. The van der Waals surface area contributed by atoms with E-state index in [9.17, 15) is 30.3 Å². The first-order valence-electron chi connectivity index (χ1n) is 26.9. The molecular formula is C58H99NO8. The molecule has 0 aromatic carbocycles. The van der Waals surface area contributed by atoms with E-state index in [0.29, 0.717) is 12.8 Å². The molecule has 0 radical (unpaired) electrons. The SMILES string of the molecule is CC/C=C\C/C=C\C/C=C\C/C=C\C/C=C\C/C=C\C/C=C\C/C=C\CCCCCCCCCCCCCCCCC(=O)NC(COC1OC(CO)C(O)C(O)C1O)C(O)CCCCCCC. The number of amides is 1. The second-order valence-corrected chi connectivity index (χ2v) is 18.3. The highest BCUT2D eigenvalue weighted by atomic mass is 16.7. The van der Waals surface area contributed by atoms with Crippen molar-refractivity contribution in [2.75, 3.05) is 13.2 Å². The van der Waals surface area contributed by atoms with Gasteiger partial charge in [-0.25, -0.2) is 0 Å². The van der Waals surface area contributed by atoms with E-state index < -0.39 is 49.5 Å². The van der Waals surface area contributed by atoms with Gasteiger partial charge in [-0.1, -0.05) is 220 Å². The van der Waals surface area contributed by atoms with Gasteiger partial charge < -0.3 is 40.3 Å². The molecule has 67 heavy (non-hydrogen) atoms. The fourth-order valence-corrected chi connectivity index (χ4v) is 7.94. The standard InChI is InChI=1S/C58H99NO8/c1-3-5-7-9-10-11-12-13-14-15-16-17-18-19-20-21-22-23-24-25-26-27-28-29-30-31-32-33-34-35-36-37-38-39-40-41-42-44-46-48-54(62)59-51(52(61)47-45-43-8-6-4-2)50-66-58-57(65)56(64)55(63)53(49-60)67-58/h5,7,10-11,13-14,16-17,19-20,22-23,25-26,28-29,51-53,55-58,60-61,63-65H,3-4,6,8-9,12,15,18,21,24,27,30-50H2,1-2H3,(H,59,62)/b7-5-,11-10-,14-13-,17-16-,20-19-,23-22-,26-25-,29-28-. The van der Waals surface area contributed by atoms with Crippen LogP contribution in [0.3, 0.4) is 0 Å². The monoisotopic (exact) mass is 938 g/mol. The van der Waals surface area contributed by atoms with E-state index in [1.807, 2.05) is 0 Å². The van der Waals surface area contributed by atoms with Crippen molar-refractivity contribution in [2.24, 2.45) is 0 Å². The lowest BCUT2D eigenvalue weighted by atomic mass is 9.99. The van der Waals surface area contributed by atoms with Gasteiger partial charge in [0, 0.05) is 6.42 Å². The minimum absolute atomic E-state index is 0.144. The largest absolute Gasteiger partial charge is 0.394 e. The fraction of sp³-hybridized carbons (Fsp3) is 0.707. The van der Waals surface area contributed by atoms with Gasteiger partial charge in [0.15, 0.2) is 6.29 Å². The highest BCUT2D eigenvalue weighted by molar-refractivity contribution is 5.76. The Labute approximate surface area is 409 Å². The Hall–Kier alpha value is -2.89. The van der Waals surface area contributed by atoms with Crippen LogP contribution in [0.4, 0.5) is 0 Å². The highest BCUT2D eigenvalue weighted by Gasteiger charge is 2.44. The second-order valence-electron chi connectivity index (χ2n) is 18.3. The third kappa shape index (κ3) is 36.7. The van der Waals surface area contributed by atoms with Crippen molar-refractivity contribution >= 4 is 5.91 Å². The molecule has 1 fully saturated rings. The van der Waals surface area contributed by atoms with Crippen LogP contribution in [0.5, 0.6) is 0 Å². The first-order chi connectivity index (χ1) is 32.8. The van der Waals surface area contributed by atoms with Gasteiger partial charge in [0.25, 0.3) is 0 Å². The van der Waals surface area contributed by atoms with Crippen LogP contribution in [0.1, 0.15) is 206 Å². The molecule has 6 N–H and O–H groups in total. The number of nitrogens with one attached hydrogen (secondary N) is 1. The average molecular weight is 938 g/mol. The molecule has 1 rings (SSSR count). The Morgan fingerprint density at radius 3 is 1.37 bits per heavy atom. The molecule has 0 aromatic heterocycles. The molecule has 9 nitrogen and oxygen atoms in total. The molecule has 0 saturated carbocycles. The van der Waals surface area contributed by atoms with Gasteiger partial charge in [-0.2, -0.15) is 0 Å². The van der Waals surface area contributed by atoms with Crippen molar-refractivity contribution in [3.8, 4) is 0 Å². The lowest BCUT2D eigenvalue weighted by molar-refractivity contribution is -0.302. The van der Waals surface area contributed by atoms with Crippen molar-refractivity contribution in [3.63, 3.8) is 0 Å². The Morgan fingerprint density at radius 1 is 0.522 bits per heavy atom. The van der Waals surface area contributed by atoms with E-state index in [-0.39, 0.29) is 12.5 Å². The van der Waals surface area contributed by atoms with Crippen molar-refractivity contribution < 1.29 is 39.8 Å². The third-order valence-corrected chi connectivity index (χ3v) is 12.2. The van der Waals surface area contributed by atoms with Crippen molar-refractivity contribution in [2.45, 2.75) is 249 Å². The van der Waals surface area contributed by atoms with Crippen LogP contribution in [0.2, 0.25) is 0 Å². The summed E-state index contributed by atoms with van der Waals surface area (Å²) in [7, 11) is 0. The number of ether oxygens (including phenoxy) is 2. The number of allylic oxidation sites excluding steroid dienone is 16. The van der Waals surface area contributed by atoms with E-state index in [0.717, 1.165) is 103 Å². The zero-order valence-corrected chi connectivity index (χ0v) is 42.4. The smallest absolute Gasteiger partial charge is 0.220 e. The van der Waals surface area contributed by atoms with Gasteiger partial charge in [-0.15, -0.1) is 0 Å². The Morgan fingerprint density at radius 2 is 0.925 bits per heavy atom. The minimum Gasteiger partial charge on any atom is -0.394 e. The third-order valence-electron chi connectivity index (χ3n) is 12.2. The van der Waals surface area contributed by atoms with Crippen LogP contribution in [0.25, 0.3) is 0 Å². The van der Waals surface area contributed by atoms with Gasteiger partial charge in [0.1, 0.15) is 24.4 Å². The Bertz CT molecular complexity index is 1370. The summed E-state index contributed by atoms with van der Waals surface area (Å²) >= 11 is 0. The van der Waals surface area contributed by atoms with Gasteiger partial charge in [0.05, 0.1) is 25.4 Å². The quantitative estimate of drug-likeness (QED) is 0.0261. The second kappa shape index (κ2) is 46.8. The molecule has 384 valence electrons. The molecule has 7 unspecified atom stereocenters. The number of unbranched alkanes of at least 4 members (excludes halogenated alkanes) is 18. The van der Waals surface area contributed by atoms with Crippen molar-refractivity contribution in [3.05, 3.63) is 97.2 Å². The molecule has 0 bridgehead atoms. The van der Waals surface area contributed by atoms with E-state index in [1.54, 1.807) is 0 Å². The van der Waals surface area contributed by atoms with Crippen molar-refractivity contribution in [1.82, 2.24) is 5.32 Å². The molecule has 7 atom stereocenters. The minimum atomic E-state index is -1.55. The molecular weight excluding hydrogens is 839 g/mol. The average Bonchev–Trinajstić information content (AvgIpc) is 3.33. The van der Waals surface area contributed by atoms with Gasteiger partial charge in [-0.3, -0.25) is 4.79 Å². The maximum atomic E-state index is 12.9. The number of hydrogen-bond donors (Lipinski definition) is 6. The van der Waals surface area contributed by atoms with E-state index >= 15 is 0 Å². The molecule has 1 aliphatic heterocycles. The maximum absolute atomic E-state index is 12.9. The summed E-state index contributed by atoms with van der Waals surface area (Å²) in [5, 5.41) is 54.0. The molecule has 1 aliphatic rings. The summed E-state index contributed by atoms with van der Waals surface area (Å²) < 4.78 is 11.2. The van der Waals surface area contributed by atoms with Gasteiger partial charge in [0.2, 0.25) is 5.91 Å². The lowest BCUT2D eigenvalue weighted by Crippen LogP contribution is -2.60. The van der Waals surface area contributed by atoms with E-state index in [2.05, 4.69) is 116 Å². The topological polar surface area (TPSA) is 149 Å². The van der Waals surface area contributed by atoms with Crippen LogP contribution in [0, 0.1) is 0 Å². The maximum Gasteiger partial charge on any atom is 0.220 e. The van der Waals surface area contributed by atoms with Crippen LogP contribution >= 0.6 is 0 Å². The predicted octanol–water partition coefficient (Wildman–Crippen LogP) is 12.8. The summed E-state index contributed by atoms with van der Waals surface area (Å²) in [4.78, 5) is 12.9. The lowest BCUT2D eigenvalue weighted by Gasteiger charge is -2.40. The first kappa shape index (κ1) is 62.1. The zero-order valence-electron chi connectivity index (χ0n) is 42.4. The Kier molecular flexibility index (Phi) is 43.4. The molecule has 0 spiro atoms.